The largest absolute Gasteiger partial charge is 0.493 e. The van der Waals surface area contributed by atoms with Crippen molar-refractivity contribution in [2.24, 2.45) is 5.73 Å². The summed E-state index contributed by atoms with van der Waals surface area (Å²) in [7, 11) is 0. The predicted octanol–water partition coefficient (Wildman–Crippen LogP) is 1.81. The number of rotatable bonds is 0. The Morgan fingerprint density at radius 2 is 2.23 bits per heavy atom. The van der Waals surface area contributed by atoms with Crippen molar-refractivity contribution in [3.8, 4) is 5.75 Å². The van der Waals surface area contributed by atoms with Crippen LogP contribution in [-0.4, -0.2) is 6.61 Å². The van der Waals surface area contributed by atoms with Crippen molar-refractivity contribution in [2.45, 2.75) is 12.5 Å². The number of hydrogen-bond donors (Lipinski definition) is 2. The molecule has 4 N–H and O–H groups in total. The molecule has 0 aliphatic carbocycles. The SMILES string of the molecule is Nc1cc2c(cc1Br)OCC[C@@H]2N. The van der Waals surface area contributed by atoms with Gasteiger partial charge in [-0.25, -0.2) is 0 Å². The molecule has 0 saturated heterocycles. The highest BCUT2D eigenvalue weighted by molar-refractivity contribution is 9.10. The number of nitrogens with two attached hydrogens (primary N) is 2. The molecule has 0 fully saturated rings. The van der Waals surface area contributed by atoms with E-state index in [1.54, 1.807) is 0 Å². The summed E-state index contributed by atoms with van der Waals surface area (Å²) in [5.74, 6) is 0.847. The van der Waals surface area contributed by atoms with Crippen LogP contribution in [-0.2, 0) is 0 Å². The molecule has 13 heavy (non-hydrogen) atoms. The van der Waals surface area contributed by atoms with E-state index in [1.807, 2.05) is 12.1 Å². The Bertz CT molecular complexity index is 341. The zero-order chi connectivity index (χ0) is 9.42. The second-order valence-electron chi connectivity index (χ2n) is 3.16. The van der Waals surface area contributed by atoms with E-state index in [0.29, 0.717) is 12.3 Å². The van der Waals surface area contributed by atoms with Crippen molar-refractivity contribution >= 4 is 21.6 Å². The number of anilines is 1. The molecule has 0 saturated carbocycles. The summed E-state index contributed by atoms with van der Waals surface area (Å²) in [6, 6.07) is 3.81. The first-order valence-corrected chi connectivity index (χ1v) is 4.95. The van der Waals surface area contributed by atoms with E-state index in [1.165, 1.54) is 0 Å². The van der Waals surface area contributed by atoms with Crippen LogP contribution in [0.4, 0.5) is 5.69 Å². The highest BCUT2D eigenvalue weighted by Gasteiger charge is 2.19. The third-order valence-electron chi connectivity index (χ3n) is 2.22. The first kappa shape index (κ1) is 8.84. The average Bonchev–Trinajstić information content (AvgIpc) is 2.09. The van der Waals surface area contributed by atoms with Crippen LogP contribution in [0.25, 0.3) is 0 Å². The Balaban J connectivity index is 2.52. The number of hydrogen-bond acceptors (Lipinski definition) is 3. The van der Waals surface area contributed by atoms with Gasteiger partial charge in [-0.1, -0.05) is 0 Å². The van der Waals surface area contributed by atoms with Crippen LogP contribution in [0, 0.1) is 0 Å². The molecule has 0 spiro atoms. The second kappa shape index (κ2) is 3.20. The van der Waals surface area contributed by atoms with Gasteiger partial charge in [0.1, 0.15) is 5.75 Å². The summed E-state index contributed by atoms with van der Waals surface area (Å²) in [6.07, 6.45) is 0.855. The Hall–Kier alpha value is -0.740. The summed E-state index contributed by atoms with van der Waals surface area (Å²) in [6.45, 7) is 0.685. The summed E-state index contributed by atoms with van der Waals surface area (Å²) < 4.78 is 6.33. The van der Waals surface area contributed by atoms with Crippen LogP contribution < -0.4 is 16.2 Å². The zero-order valence-corrected chi connectivity index (χ0v) is 8.67. The molecule has 2 rings (SSSR count). The number of halogens is 1. The smallest absolute Gasteiger partial charge is 0.125 e. The fourth-order valence-electron chi connectivity index (χ4n) is 1.46. The Labute approximate surface area is 85.2 Å². The maximum absolute atomic E-state index is 5.91. The summed E-state index contributed by atoms with van der Waals surface area (Å²) >= 11 is 3.35. The third kappa shape index (κ3) is 1.51. The molecule has 1 atom stereocenters. The van der Waals surface area contributed by atoms with E-state index in [2.05, 4.69) is 15.9 Å². The van der Waals surface area contributed by atoms with Gasteiger partial charge < -0.3 is 16.2 Å². The predicted molar refractivity (Wildman–Crippen MR) is 55.6 cm³/mol. The van der Waals surface area contributed by atoms with E-state index in [-0.39, 0.29) is 6.04 Å². The maximum Gasteiger partial charge on any atom is 0.125 e. The molecule has 0 unspecified atom stereocenters. The van der Waals surface area contributed by atoms with Crippen LogP contribution >= 0.6 is 15.9 Å². The minimum absolute atomic E-state index is 0.0548. The minimum Gasteiger partial charge on any atom is -0.493 e. The van der Waals surface area contributed by atoms with Gasteiger partial charge in [0, 0.05) is 28.2 Å². The summed E-state index contributed by atoms with van der Waals surface area (Å²) in [5, 5.41) is 0. The molecule has 4 heteroatoms. The molecular formula is C9H11BrN2O. The number of fused-ring (bicyclic) bond motifs is 1. The molecule has 1 aromatic rings. The standard InChI is InChI=1S/C9H11BrN2O/c10-6-4-9-5(3-8(6)12)7(11)1-2-13-9/h3-4,7H,1-2,11-12H2/t7-/m0/s1. The van der Waals surface area contributed by atoms with Crippen LogP contribution in [0.5, 0.6) is 5.75 Å². The molecule has 70 valence electrons. The van der Waals surface area contributed by atoms with Crippen molar-refractivity contribution in [3.63, 3.8) is 0 Å². The van der Waals surface area contributed by atoms with Crippen molar-refractivity contribution in [1.82, 2.24) is 0 Å². The molecule has 0 amide bonds. The molecule has 1 heterocycles. The van der Waals surface area contributed by atoms with Crippen molar-refractivity contribution in [1.29, 1.82) is 0 Å². The van der Waals surface area contributed by atoms with Gasteiger partial charge in [0.2, 0.25) is 0 Å². The average molecular weight is 243 g/mol. The van der Waals surface area contributed by atoms with E-state index < -0.39 is 0 Å². The van der Waals surface area contributed by atoms with Crippen LogP contribution in [0.2, 0.25) is 0 Å². The molecular weight excluding hydrogens is 232 g/mol. The lowest BCUT2D eigenvalue weighted by Gasteiger charge is -2.23. The van der Waals surface area contributed by atoms with Gasteiger partial charge >= 0.3 is 0 Å². The third-order valence-corrected chi connectivity index (χ3v) is 2.90. The Morgan fingerprint density at radius 1 is 1.46 bits per heavy atom. The lowest BCUT2D eigenvalue weighted by atomic mass is 10.0. The Morgan fingerprint density at radius 3 is 3.00 bits per heavy atom. The molecule has 1 aromatic carbocycles. The molecule has 3 nitrogen and oxygen atoms in total. The fraction of sp³-hybridized carbons (Fsp3) is 0.333. The molecule has 0 radical (unpaired) electrons. The van der Waals surface area contributed by atoms with Crippen molar-refractivity contribution in [2.75, 3.05) is 12.3 Å². The van der Waals surface area contributed by atoms with Gasteiger partial charge in [0.05, 0.1) is 6.61 Å². The van der Waals surface area contributed by atoms with Crippen LogP contribution in [0.3, 0.4) is 0 Å². The molecule has 1 aliphatic rings. The topological polar surface area (TPSA) is 61.3 Å². The van der Waals surface area contributed by atoms with Gasteiger partial charge in [0.25, 0.3) is 0 Å². The van der Waals surface area contributed by atoms with Crippen molar-refractivity contribution in [3.05, 3.63) is 22.2 Å². The van der Waals surface area contributed by atoms with Gasteiger partial charge in [0.15, 0.2) is 0 Å². The minimum atomic E-state index is 0.0548. The molecule has 1 aliphatic heterocycles. The zero-order valence-electron chi connectivity index (χ0n) is 7.09. The van der Waals surface area contributed by atoms with E-state index in [9.17, 15) is 0 Å². The monoisotopic (exact) mass is 242 g/mol. The van der Waals surface area contributed by atoms with Crippen LogP contribution in [0.1, 0.15) is 18.0 Å². The van der Waals surface area contributed by atoms with Gasteiger partial charge in [-0.3, -0.25) is 0 Å². The van der Waals surface area contributed by atoms with E-state index in [4.69, 9.17) is 16.2 Å². The normalized spacial score (nSPS) is 20.6. The lowest BCUT2D eigenvalue weighted by molar-refractivity contribution is 0.269. The summed E-state index contributed by atoms with van der Waals surface area (Å²) in [5.41, 5.74) is 13.4. The maximum atomic E-state index is 5.91. The molecule has 0 aromatic heterocycles. The number of benzene rings is 1. The van der Waals surface area contributed by atoms with Crippen LogP contribution in [0.15, 0.2) is 16.6 Å². The van der Waals surface area contributed by atoms with Crippen molar-refractivity contribution < 1.29 is 4.74 Å². The Kier molecular flexibility index (Phi) is 2.17. The highest BCUT2D eigenvalue weighted by Crippen LogP contribution is 2.35. The van der Waals surface area contributed by atoms with E-state index in [0.717, 1.165) is 22.2 Å². The van der Waals surface area contributed by atoms with E-state index >= 15 is 0 Å². The first-order valence-electron chi connectivity index (χ1n) is 4.16. The summed E-state index contributed by atoms with van der Waals surface area (Å²) in [4.78, 5) is 0. The first-order chi connectivity index (χ1) is 6.18. The van der Waals surface area contributed by atoms with Gasteiger partial charge in [-0.2, -0.15) is 0 Å². The molecule has 0 bridgehead atoms. The fourth-order valence-corrected chi connectivity index (χ4v) is 1.78. The number of nitrogen functional groups attached to an aromatic ring is 1. The van der Waals surface area contributed by atoms with Gasteiger partial charge in [-0.15, -0.1) is 0 Å². The van der Waals surface area contributed by atoms with Gasteiger partial charge in [-0.05, 0) is 28.1 Å². The highest BCUT2D eigenvalue weighted by atomic mass is 79.9. The lowest BCUT2D eigenvalue weighted by Crippen LogP contribution is -2.20. The second-order valence-corrected chi connectivity index (χ2v) is 4.01. The quantitative estimate of drug-likeness (QED) is 0.683. The number of ether oxygens (including phenoxy) is 1.